The number of hydrogen-bond acceptors (Lipinski definition) is 1. The van der Waals surface area contributed by atoms with Gasteiger partial charge in [0.05, 0.1) is 0 Å². The molecule has 2 aliphatic rings. The minimum atomic E-state index is 0.337. The van der Waals surface area contributed by atoms with Gasteiger partial charge in [-0.1, -0.05) is 31.9 Å². The maximum atomic E-state index is 12.2. The molecule has 0 aromatic carbocycles. The van der Waals surface area contributed by atoms with Crippen molar-refractivity contribution in [1.29, 1.82) is 0 Å². The summed E-state index contributed by atoms with van der Waals surface area (Å²) in [6, 6.07) is 0. The summed E-state index contributed by atoms with van der Waals surface area (Å²) in [5.41, 5.74) is 1.64. The van der Waals surface area contributed by atoms with Gasteiger partial charge in [-0.3, -0.25) is 4.79 Å². The van der Waals surface area contributed by atoms with Crippen LogP contribution >= 0.6 is 0 Å². The molecule has 0 heterocycles. The third-order valence-electron chi connectivity index (χ3n) is 6.77. The molecule has 5 atom stereocenters. The van der Waals surface area contributed by atoms with Crippen LogP contribution in [0.2, 0.25) is 0 Å². The number of allylic oxidation sites excluding steroid dienone is 2. The van der Waals surface area contributed by atoms with E-state index >= 15 is 0 Å². The fourth-order valence-electron chi connectivity index (χ4n) is 5.43. The quantitative estimate of drug-likeness (QED) is 0.553. The van der Waals surface area contributed by atoms with Gasteiger partial charge in [-0.2, -0.15) is 0 Å². The fraction of sp³-hybridized carbons (Fsp3) is 0.762. The third kappa shape index (κ3) is 3.39. The minimum Gasteiger partial charge on any atom is -0.300 e. The van der Waals surface area contributed by atoms with E-state index in [4.69, 9.17) is 0 Å². The van der Waals surface area contributed by atoms with Gasteiger partial charge in [-0.05, 0) is 68.1 Å². The molecular formula is C21H34O. The Kier molecular flexibility index (Phi) is 5.69. The van der Waals surface area contributed by atoms with Gasteiger partial charge in [0.1, 0.15) is 5.78 Å². The number of Topliss-reactive ketones (excluding diaryl/α,β-unsaturated/α-hetero) is 1. The van der Waals surface area contributed by atoms with Crippen molar-refractivity contribution < 1.29 is 4.79 Å². The van der Waals surface area contributed by atoms with Crippen LogP contribution in [0.4, 0.5) is 0 Å². The molecule has 2 rings (SSSR count). The van der Waals surface area contributed by atoms with Crippen LogP contribution < -0.4 is 0 Å². The van der Waals surface area contributed by atoms with E-state index in [1.54, 1.807) is 0 Å². The number of hydrogen-bond donors (Lipinski definition) is 0. The van der Waals surface area contributed by atoms with Gasteiger partial charge < -0.3 is 0 Å². The maximum Gasteiger partial charge on any atom is 0.133 e. The highest BCUT2D eigenvalue weighted by molar-refractivity contribution is 5.80. The molecule has 2 fully saturated rings. The summed E-state index contributed by atoms with van der Waals surface area (Å²) >= 11 is 0. The van der Waals surface area contributed by atoms with Crippen LogP contribution in [-0.2, 0) is 4.79 Å². The highest BCUT2D eigenvalue weighted by Gasteiger charge is 2.53. The number of carbonyl (C=O) groups is 1. The largest absolute Gasteiger partial charge is 0.300 e. The topological polar surface area (TPSA) is 17.1 Å². The van der Waals surface area contributed by atoms with E-state index in [-0.39, 0.29) is 0 Å². The molecule has 0 saturated heterocycles. The first kappa shape index (κ1) is 17.5. The Morgan fingerprint density at radius 2 is 2.05 bits per heavy atom. The molecule has 0 spiro atoms. The second-order valence-corrected chi connectivity index (χ2v) is 8.23. The molecule has 1 heteroatoms. The molecule has 124 valence electrons. The molecule has 0 bridgehead atoms. The first-order chi connectivity index (χ1) is 10.4. The molecule has 1 nitrogen and oxygen atoms in total. The second-order valence-electron chi connectivity index (χ2n) is 8.23. The Balaban J connectivity index is 2.27. The summed E-state index contributed by atoms with van der Waals surface area (Å²) in [6.45, 7) is 15.1. The number of fused-ring (bicyclic) bond motifs is 1. The molecule has 22 heavy (non-hydrogen) atoms. The van der Waals surface area contributed by atoms with Crippen molar-refractivity contribution in [2.24, 2.45) is 29.1 Å². The molecule has 0 radical (unpaired) electrons. The summed E-state index contributed by atoms with van der Waals surface area (Å²) in [7, 11) is 0. The standard InChI is InChI=1S/C21H34O/c1-6-7-8-17-13-19(22)14-18-11-10-16(4)20(21(17,18)5)12-9-15(2)3/h6,16-18,20H,1-2,7-14H2,3-5H3/t16-,17+,18+,20+,21+/m0/s1. The fourth-order valence-corrected chi connectivity index (χ4v) is 5.43. The molecule has 0 aromatic rings. The molecule has 0 amide bonds. The van der Waals surface area contributed by atoms with E-state index in [2.05, 4.69) is 33.9 Å². The van der Waals surface area contributed by atoms with Crippen molar-refractivity contribution in [2.45, 2.75) is 72.1 Å². The van der Waals surface area contributed by atoms with Crippen LogP contribution in [0.25, 0.3) is 0 Å². The summed E-state index contributed by atoms with van der Waals surface area (Å²) in [5.74, 6) is 3.18. The van der Waals surface area contributed by atoms with Crippen molar-refractivity contribution in [3.05, 3.63) is 24.8 Å². The van der Waals surface area contributed by atoms with Crippen LogP contribution in [0, 0.1) is 29.1 Å². The summed E-state index contributed by atoms with van der Waals surface area (Å²) in [5, 5.41) is 0. The van der Waals surface area contributed by atoms with Gasteiger partial charge in [0.15, 0.2) is 0 Å². The Morgan fingerprint density at radius 3 is 2.68 bits per heavy atom. The summed E-state index contributed by atoms with van der Waals surface area (Å²) < 4.78 is 0. The van der Waals surface area contributed by atoms with Crippen molar-refractivity contribution in [1.82, 2.24) is 0 Å². The van der Waals surface area contributed by atoms with E-state index in [0.29, 0.717) is 23.0 Å². The summed E-state index contributed by atoms with van der Waals surface area (Å²) in [4.78, 5) is 12.2. The van der Waals surface area contributed by atoms with E-state index < -0.39 is 0 Å². The van der Waals surface area contributed by atoms with Crippen LogP contribution in [0.5, 0.6) is 0 Å². The first-order valence-corrected chi connectivity index (χ1v) is 9.16. The van der Waals surface area contributed by atoms with Crippen molar-refractivity contribution in [2.75, 3.05) is 0 Å². The highest BCUT2D eigenvalue weighted by Crippen LogP contribution is 2.59. The van der Waals surface area contributed by atoms with E-state index in [1.807, 2.05) is 6.08 Å². The van der Waals surface area contributed by atoms with Gasteiger partial charge in [0, 0.05) is 12.8 Å². The van der Waals surface area contributed by atoms with Gasteiger partial charge in [-0.15, -0.1) is 13.2 Å². The van der Waals surface area contributed by atoms with Gasteiger partial charge in [0.25, 0.3) is 0 Å². The van der Waals surface area contributed by atoms with Crippen molar-refractivity contribution in [3.8, 4) is 0 Å². The minimum absolute atomic E-state index is 0.337. The number of carbonyl (C=O) groups excluding carboxylic acids is 1. The lowest BCUT2D eigenvalue weighted by Gasteiger charge is -2.57. The molecule has 0 aromatic heterocycles. The smallest absolute Gasteiger partial charge is 0.133 e. The monoisotopic (exact) mass is 302 g/mol. The first-order valence-electron chi connectivity index (χ1n) is 9.16. The van der Waals surface area contributed by atoms with Crippen LogP contribution in [0.1, 0.15) is 72.1 Å². The lowest BCUT2D eigenvalue weighted by Crippen LogP contribution is -2.51. The highest BCUT2D eigenvalue weighted by atomic mass is 16.1. The Bertz CT molecular complexity index is 435. The van der Waals surface area contributed by atoms with Gasteiger partial charge in [-0.25, -0.2) is 0 Å². The SMILES string of the molecule is C=CCC[C@@H]1CC(=O)C[C@H]2CC[C@H](C)[C@@H](CCC(=C)C)[C@]12C. The van der Waals surface area contributed by atoms with Crippen LogP contribution in [0.15, 0.2) is 24.8 Å². The third-order valence-corrected chi connectivity index (χ3v) is 6.77. The van der Waals surface area contributed by atoms with Crippen molar-refractivity contribution >= 4 is 5.78 Å². The lowest BCUT2D eigenvalue weighted by molar-refractivity contribution is -0.138. The average Bonchev–Trinajstić information content (AvgIpc) is 2.45. The van der Waals surface area contributed by atoms with Gasteiger partial charge >= 0.3 is 0 Å². The Labute approximate surface area is 137 Å². The zero-order valence-corrected chi connectivity index (χ0v) is 14.9. The molecule has 2 aliphatic carbocycles. The predicted molar refractivity (Wildman–Crippen MR) is 94.7 cm³/mol. The number of ketones is 1. The normalized spacial score (nSPS) is 38.4. The zero-order valence-electron chi connectivity index (χ0n) is 14.9. The van der Waals surface area contributed by atoms with Gasteiger partial charge in [0.2, 0.25) is 0 Å². The second kappa shape index (κ2) is 7.15. The average molecular weight is 303 g/mol. The molecule has 0 unspecified atom stereocenters. The molecule has 0 N–H and O–H groups in total. The Hall–Kier alpha value is -0.850. The van der Waals surface area contributed by atoms with Crippen LogP contribution in [0.3, 0.4) is 0 Å². The number of rotatable bonds is 6. The van der Waals surface area contributed by atoms with E-state index in [9.17, 15) is 4.79 Å². The molecule has 2 saturated carbocycles. The lowest BCUT2D eigenvalue weighted by atomic mass is 9.47. The van der Waals surface area contributed by atoms with Crippen LogP contribution in [-0.4, -0.2) is 5.78 Å². The van der Waals surface area contributed by atoms with E-state index in [1.165, 1.54) is 24.8 Å². The van der Waals surface area contributed by atoms with E-state index in [0.717, 1.165) is 43.9 Å². The molecule has 0 aliphatic heterocycles. The zero-order chi connectivity index (χ0) is 16.3. The van der Waals surface area contributed by atoms with Crippen molar-refractivity contribution in [3.63, 3.8) is 0 Å². The summed E-state index contributed by atoms with van der Waals surface area (Å²) in [6.07, 6.45) is 10.8. The predicted octanol–water partition coefficient (Wildman–Crippen LogP) is 5.96. The Morgan fingerprint density at radius 1 is 1.32 bits per heavy atom. The molecular weight excluding hydrogens is 268 g/mol. The maximum absolute atomic E-state index is 12.2.